The number of fused-ring (bicyclic) bond motifs is 1. The molecule has 0 saturated carbocycles. The Hall–Kier alpha value is -2.49. The van der Waals surface area contributed by atoms with Crippen LogP contribution in [0, 0.1) is 0 Å². The number of nitrogens with one attached hydrogen (secondary N) is 1. The summed E-state index contributed by atoms with van der Waals surface area (Å²) in [5.74, 6) is -1.36. The lowest BCUT2D eigenvalue weighted by Gasteiger charge is -2.04. The molecule has 26 heavy (non-hydrogen) atoms. The summed E-state index contributed by atoms with van der Waals surface area (Å²) in [5.41, 5.74) is 2.30. The average Bonchev–Trinajstić information content (AvgIpc) is 3.17. The third kappa shape index (κ3) is 4.18. The number of amides is 1. The standard InChI is InChI=1S/C16H16F3N5OS/c1-2-10-3-5-11(6-4-10)7-8-12(25)20-9-13-23-24-14(16(17,18)19)21-22-15(24)26-13/h3-6H,2,7-9H2,1H3,(H,20,25). The lowest BCUT2D eigenvalue weighted by molar-refractivity contribution is -0.146. The lowest BCUT2D eigenvalue weighted by Crippen LogP contribution is -2.23. The van der Waals surface area contributed by atoms with Gasteiger partial charge in [0.15, 0.2) is 0 Å². The highest BCUT2D eigenvalue weighted by Crippen LogP contribution is 2.28. The van der Waals surface area contributed by atoms with Gasteiger partial charge < -0.3 is 5.32 Å². The van der Waals surface area contributed by atoms with Gasteiger partial charge in [-0.15, -0.1) is 10.2 Å². The number of aromatic nitrogens is 4. The molecule has 1 aromatic carbocycles. The topological polar surface area (TPSA) is 72.2 Å². The molecule has 0 bridgehead atoms. The van der Waals surface area contributed by atoms with Crippen LogP contribution in [0.1, 0.15) is 35.3 Å². The fraction of sp³-hybridized carbons (Fsp3) is 0.375. The van der Waals surface area contributed by atoms with Crippen molar-refractivity contribution in [1.82, 2.24) is 25.1 Å². The number of nitrogens with zero attached hydrogens (tertiary/aromatic N) is 4. The predicted octanol–water partition coefficient (Wildman–Crippen LogP) is 3.02. The van der Waals surface area contributed by atoms with E-state index in [1.165, 1.54) is 5.56 Å². The molecule has 6 nitrogen and oxygen atoms in total. The van der Waals surface area contributed by atoms with Gasteiger partial charge in [-0.1, -0.05) is 42.5 Å². The first-order chi connectivity index (χ1) is 12.4. The van der Waals surface area contributed by atoms with Crippen molar-refractivity contribution in [2.45, 2.75) is 38.9 Å². The summed E-state index contributed by atoms with van der Waals surface area (Å²) >= 11 is 0.958. The Morgan fingerprint density at radius 2 is 1.88 bits per heavy atom. The Bertz CT molecular complexity index is 901. The third-order valence-corrected chi connectivity index (χ3v) is 4.69. The molecule has 0 unspecified atom stereocenters. The van der Waals surface area contributed by atoms with Crippen molar-refractivity contribution in [2.24, 2.45) is 0 Å². The number of carbonyl (C=O) groups excluding carboxylic acids is 1. The molecule has 0 fully saturated rings. The number of alkyl halides is 3. The van der Waals surface area contributed by atoms with Gasteiger partial charge in [-0.25, -0.2) is 0 Å². The molecule has 0 aliphatic rings. The molecule has 2 aromatic heterocycles. The van der Waals surface area contributed by atoms with E-state index in [2.05, 4.69) is 27.5 Å². The average molecular weight is 383 g/mol. The highest BCUT2D eigenvalue weighted by molar-refractivity contribution is 7.16. The lowest BCUT2D eigenvalue weighted by atomic mass is 10.1. The minimum atomic E-state index is -4.62. The second-order valence-corrected chi connectivity index (χ2v) is 6.70. The van der Waals surface area contributed by atoms with E-state index < -0.39 is 12.0 Å². The van der Waals surface area contributed by atoms with Gasteiger partial charge in [-0.2, -0.15) is 22.8 Å². The van der Waals surface area contributed by atoms with E-state index in [0.717, 1.165) is 23.3 Å². The fourth-order valence-electron chi connectivity index (χ4n) is 2.37. The van der Waals surface area contributed by atoms with Gasteiger partial charge in [-0.3, -0.25) is 4.79 Å². The maximum absolute atomic E-state index is 12.8. The van der Waals surface area contributed by atoms with Gasteiger partial charge in [0, 0.05) is 6.42 Å². The maximum Gasteiger partial charge on any atom is 0.453 e. The molecule has 3 aromatic rings. The Morgan fingerprint density at radius 1 is 1.19 bits per heavy atom. The van der Waals surface area contributed by atoms with Crippen molar-refractivity contribution < 1.29 is 18.0 Å². The second kappa shape index (κ2) is 7.40. The maximum atomic E-state index is 12.8. The van der Waals surface area contributed by atoms with E-state index in [4.69, 9.17) is 0 Å². The predicted molar refractivity (Wildman–Crippen MR) is 89.6 cm³/mol. The largest absolute Gasteiger partial charge is 0.453 e. The fourth-order valence-corrected chi connectivity index (χ4v) is 3.14. The van der Waals surface area contributed by atoms with Crippen molar-refractivity contribution in [2.75, 3.05) is 0 Å². The quantitative estimate of drug-likeness (QED) is 0.710. The summed E-state index contributed by atoms with van der Waals surface area (Å²) in [5, 5.41) is 13.4. The third-order valence-electron chi connectivity index (χ3n) is 3.80. The number of hydrogen-bond donors (Lipinski definition) is 1. The Balaban J connectivity index is 1.54. The van der Waals surface area contributed by atoms with Crippen molar-refractivity contribution >= 4 is 22.2 Å². The molecular weight excluding hydrogens is 367 g/mol. The number of hydrogen-bond acceptors (Lipinski definition) is 5. The van der Waals surface area contributed by atoms with Crippen molar-refractivity contribution in [1.29, 1.82) is 0 Å². The molecule has 2 heterocycles. The number of carbonyl (C=O) groups is 1. The molecular formula is C16H16F3N5OS. The summed E-state index contributed by atoms with van der Waals surface area (Å²) in [7, 11) is 0. The number of halogens is 3. The van der Waals surface area contributed by atoms with Gasteiger partial charge in [0.25, 0.3) is 5.82 Å². The minimum Gasteiger partial charge on any atom is -0.350 e. The summed E-state index contributed by atoms with van der Waals surface area (Å²) in [6.07, 6.45) is -2.77. The zero-order valence-corrected chi connectivity index (χ0v) is 14.7. The first kappa shape index (κ1) is 18.3. The van der Waals surface area contributed by atoms with Crippen LogP contribution in [0.3, 0.4) is 0 Å². The summed E-state index contributed by atoms with van der Waals surface area (Å²) in [6.45, 7) is 2.13. The molecule has 0 saturated heterocycles. The van der Waals surface area contributed by atoms with Crippen molar-refractivity contribution in [3.05, 3.63) is 46.2 Å². The minimum absolute atomic E-state index is 0.0394. The Morgan fingerprint density at radius 3 is 2.54 bits per heavy atom. The highest BCUT2D eigenvalue weighted by Gasteiger charge is 2.38. The molecule has 0 spiro atoms. The van der Waals surface area contributed by atoms with Crippen LogP contribution in [0.25, 0.3) is 4.96 Å². The van der Waals surface area contributed by atoms with Crippen LogP contribution in [0.5, 0.6) is 0 Å². The number of aryl methyl sites for hydroxylation is 2. The smallest absolute Gasteiger partial charge is 0.350 e. The van der Waals surface area contributed by atoms with E-state index in [0.29, 0.717) is 22.4 Å². The first-order valence-corrected chi connectivity index (χ1v) is 8.81. The Labute approximate surface area is 151 Å². The normalized spacial score (nSPS) is 11.8. The molecule has 1 amide bonds. The summed E-state index contributed by atoms with van der Waals surface area (Å²) < 4.78 is 38.9. The number of benzene rings is 1. The molecule has 3 rings (SSSR count). The van der Waals surface area contributed by atoms with E-state index in [1.807, 2.05) is 24.3 Å². The van der Waals surface area contributed by atoms with E-state index in [9.17, 15) is 18.0 Å². The molecule has 0 aliphatic heterocycles. The SMILES string of the molecule is CCc1ccc(CCC(=O)NCc2nn3c(C(F)(F)F)nnc3s2)cc1. The Kier molecular flexibility index (Phi) is 5.21. The zero-order valence-electron chi connectivity index (χ0n) is 13.9. The number of rotatable bonds is 6. The van der Waals surface area contributed by atoms with Crippen LogP contribution in [-0.2, 0) is 30.4 Å². The molecule has 0 radical (unpaired) electrons. The van der Waals surface area contributed by atoms with Gasteiger partial charge in [0.2, 0.25) is 10.9 Å². The van der Waals surface area contributed by atoms with Gasteiger partial charge in [0.05, 0.1) is 6.54 Å². The summed E-state index contributed by atoms with van der Waals surface area (Å²) in [6, 6.07) is 8.05. The van der Waals surface area contributed by atoms with E-state index in [-0.39, 0.29) is 17.4 Å². The van der Waals surface area contributed by atoms with Crippen LogP contribution < -0.4 is 5.32 Å². The first-order valence-electron chi connectivity index (χ1n) is 7.99. The summed E-state index contributed by atoms with van der Waals surface area (Å²) in [4.78, 5) is 12.0. The molecule has 138 valence electrons. The van der Waals surface area contributed by atoms with Crippen LogP contribution in [0.15, 0.2) is 24.3 Å². The van der Waals surface area contributed by atoms with Crippen molar-refractivity contribution in [3.63, 3.8) is 0 Å². The monoisotopic (exact) mass is 383 g/mol. The second-order valence-electron chi connectivity index (χ2n) is 5.66. The van der Waals surface area contributed by atoms with E-state index in [1.54, 1.807) is 0 Å². The molecule has 0 aliphatic carbocycles. The molecule has 10 heteroatoms. The van der Waals surface area contributed by atoms with Crippen LogP contribution in [0.4, 0.5) is 13.2 Å². The van der Waals surface area contributed by atoms with Crippen LogP contribution in [0.2, 0.25) is 0 Å². The van der Waals surface area contributed by atoms with Crippen molar-refractivity contribution in [3.8, 4) is 0 Å². The van der Waals surface area contributed by atoms with Gasteiger partial charge in [-0.05, 0) is 24.0 Å². The molecule has 0 atom stereocenters. The van der Waals surface area contributed by atoms with Gasteiger partial charge in [0.1, 0.15) is 5.01 Å². The highest BCUT2D eigenvalue weighted by atomic mass is 32.1. The zero-order chi connectivity index (χ0) is 18.7. The van der Waals surface area contributed by atoms with Crippen LogP contribution >= 0.6 is 11.3 Å². The molecule has 1 N–H and O–H groups in total. The van der Waals surface area contributed by atoms with Gasteiger partial charge >= 0.3 is 6.18 Å². The van der Waals surface area contributed by atoms with E-state index >= 15 is 0 Å². The van der Waals surface area contributed by atoms with Crippen LogP contribution in [-0.4, -0.2) is 25.7 Å².